The number of carbonyl (C=O) groups is 2. The maximum Gasteiger partial charge on any atom is 0.410 e. The van der Waals surface area contributed by atoms with Crippen molar-refractivity contribution >= 4 is 12.1 Å². The van der Waals surface area contributed by atoms with Crippen LogP contribution < -0.4 is 0 Å². The van der Waals surface area contributed by atoms with E-state index in [4.69, 9.17) is 14.2 Å². The molecule has 1 aliphatic heterocycles. The van der Waals surface area contributed by atoms with Crippen molar-refractivity contribution in [2.75, 3.05) is 19.8 Å². The van der Waals surface area contributed by atoms with Crippen molar-refractivity contribution in [2.24, 2.45) is 0 Å². The van der Waals surface area contributed by atoms with Gasteiger partial charge >= 0.3 is 12.1 Å². The highest BCUT2D eigenvalue weighted by atomic mass is 16.6. The van der Waals surface area contributed by atoms with Gasteiger partial charge < -0.3 is 14.2 Å². The number of carbonyl (C=O) groups excluding carboxylic acids is 2. The second-order valence-corrected chi connectivity index (χ2v) is 8.88. The summed E-state index contributed by atoms with van der Waals surface area (Å²) in [5.74, 6) is -0.418. The normalized spacial score (nSPS) is 18.6. The Kier molecular flexibility index (Phi) is 7.33. The lowest BCUT2D eigenvalue weighted by Gasteiger charge is -2.38. The van der Waals surface area contributed by atoms with Crippen LogP contribution in [-0.2, 0) is 20.8 Å². The van der Waals surface area contributed by atoms with Gasteiger partial charge in [-0.3, -0.25) is 4.90 Å². The number of benzene rings is 2. The molecule has 0 aromatic heterocycles. The van der Waals surface area contributed by atoms with Crippen molar-refractivity contribution in [3.05, 3.63) is 71.8 Å². The predicted octanol–water partition coefficient (Wildman–Crippen LogP) is 4.83. The molecule has 3 rings (SSSR count). The SMILES string of the molecule is CC(C)(C)OC(=O)N1CCCC1(COCc1ccccc1)COC(=O)c1ccccc1. The van der Waals surface area contributed by atoms with Gasteiger partial charge in [-0.25, -0.2) is 9.59 Å². The Bertz CT molecular complexity index is 862. The van der Waals surface area contributed by atoms with E-state index in [-0.39, 0.29) is 13.2 Å². The Morgan fingerprint density at radius 2 is 1.61 bits per heavy atom. The monoisotopic (exact) mass is 425 g/mol. The molecule has 2 aromatic carbocycles. The van der Waals surface area contributed by atoms with Gasteiger partial charge in [0.05, 0.1) is 18.8 Å². The van der Waals surface area contributed by atoms with Crippen LogP contribution in [0.3, 0.4) is 0 Å². The molecule has 0 spiro atoms. The van der Waals surface area contributed by atoms with E-state index in [1.807, 2.05) is 57.2 Å². The van der Waals surface area contributed by atoms with E-state index in [1.54, 1.807) is 29.2 Å². The van der Waals surface area contributed by atoms with Crippen LogP contribution in [0.4, 0.5) is 4.79 Å². The second-order valence-electron chi connectivity index (χ2n) is 8.88. The van der Waals surface area contributed by atoms with Crippen molar-refractivity contribution in [2.45, 2.75) is 51.4 Å². The smallest absolute Gasteiger partial charge is 0.410 e. The van der Waals surface area contributed by atoms with Gasteiger partial charge in [0, 0.05) is 6.54 Å². The fourth-order valence-electron chi connectivity index (χ4n) is 3.67. The second kappa shape index (κ2) is 9.96. The Labute approximate surface area is 184 Å². The lowest BCUT2D eigenvalue weighted by atomic mass is 9.98. The van der Waals surface area contributed by atoms with E-state index < -0.39 is 23.2 Å². The van der Waals surface area contributed by atoms with E-state index in [2.05, 4.69) is 0 Å². The van der Waals surface area contributed by atoms with Gasteiger partial charge in [0.15, 0.2) is 0 Å². The molecule has 6 nitrogen and oxygen atoms in total. The third kappa shape index (κ3) is 6.31. The summed E-state index contributed by atoms with van der Waals surface area (Å²) >= 11 is 0. The zero-order valence-corrected chi connectivity index (χ0v) is 18.5. The summed E-state index contributed by atoms with van der Waals surface area (Å²) in [7, 11) is 0. The van der Waals surface area contributed by atoms with Gasteiger partial charge in [0.1, 0.15) is 17.7 Å². The maximum atomic E-state index is 12.9. The molecule has 1 amide bonds. The number of hydrogen-bond acceptors (Lipinski definition) is 5. The molecule has 1 unspecified atom stereocenters. The first kappa shape index (κ1) is 22.8. The number of rotatable bonds is 7. The largest absolute Gasteiger partial charge is 0.459 e. The van der Waals surface area contributed by atoms with Gasteiger partial charge in [-0.05, 0) is 51.3 Å². The van der Waals surface area contributed by atoms with Gasteiger partial charge in [-0.1, -0.05) is 48.5 Å². The number of nitrogens with zero attached hydrogens (tertiary/aromatic N) is 1. The fraction of sp³-hybridized carbons (Fsp3) is 0.440. The minimum Gasteiger partial charge on any atom is -0.459 e. The summed E-state index contributed by atoms with van der Waals surface area (Å²) < 4.78 is 17.3. The molecule has 1 fully saturated rings. The number of esters is 1. The van der Waals surface area contributed by atoms with Crippen molar-refractivity contribution in [3.63, 3.8) is 0 Å². The number of ether oxygens (including phenoxy) is 3. The molecule has 6 heteroatoms. The number of likely N-dealkylation sites (tertiary alicyclic amines) is 1. The Morgan fingerprint density at radius 1 is 0.968 bits per heavy atom. The molecule has 1 aliphatic rings. The van der Waals surface area contributed by atoms with Gasteiger partial charge in [-0.2, -0.15) is 0 Å². The highest BCUT2D eigenvalue weighted by molar-refractivity contribution is 5.89. The third-order valence-corrected chi connectivity index (χ3v) is 5.17. The van der Waals surface area contributed by atoms with Crippen LogP contribution in [0.2, 0.25) is 0 Å². The molecule has 0 aliphatic carbocycles. The van der Waals surface area contributed by atoms with Crippen molar-refractivity contribution < 1.29 is 23.8 Å². The van der Waals surface area contributed by atoms with Crippen LogP contribution in [0, 0.1) is 0 Å². The van der Waals surface area contributed by atoms with E-state index in [1.165, 1.54) is 0 Å². The maximum absolute atomic E-state index is 12.9. The summed E-state index contributed by atoms with van der Waals surface area (Å²) in [6.45, 7) is 6.76. The van der Waals surface area contributed by atoms with Gasteiger partial charge in [0.25, 0.3) is 0 Å². The first-order valence-corrected chi connectivity index (χ1v) is 10.6. The molecule has 0 bridgehead atoms. The van der Waals surface area contributed by atoms with Crippen LogP contribution in [0.15, 0.2) is 60.7 Å². The molecule has 2 aromatic rings. The molecule has 1 heterocycles. The Hall–Kier alpha value is -2.86. The van der Waals surface area contributed by atoms with Gasteiger partial charge in [-0.15, -0.1) is 0 Å². The molecule has 0 N–H and O–H groups in total. The fourth-order valence-corrected chi connectivity index (χ4v) is 3.67. The van der Waals surface area contributed by atoms with Crippen LogP contribution in [0.1, 0.15) is 49.5 Å². The summed E-state index contributed by atoms with van der Waals surface area (Å²) in [4.78, 5) is 27.1. The van der Waals surface area contributed by atoms with Crippen molar-refractivity contribution in [1.29, 1.82) is 0 Å². The highest BCUT2D eigenvalue weighted by Gasteiger charge is 2.47. The first-order valence-electron chi connectivity index (χ1n) is 10.6. The standard InChI is InChI=1S/C25H31NO5/c1-24(2,3)31-23(28)26-16-10-15-25(26,18-29-17-20-11-6-4-7-12-20)19-30-22(27)21-13-8-5-9-14-21/h4-9,11-14H,10,15-19H2,1-3H3. The average Bonchev–Trinajstić information content (AvgIpc) is 3.16. The molecule has 1 saturated heterocycles. The van der Waals surface area contributed by atoms with Crippen molar-refractivity contribution in [1.82, 2.24) is 4.90 Å². The molecule has 166 valence electrons. The summed E-state index contributed by atoms with van der Waals surface area (Å²) in [6.07, 6.45) is 1.05. The zero-order valence-electron chi connectivity index (χ0n) is 18.5. The van der Waals surface area contributed by atoms with Crippen LogP contribution >= 0.6 is 0 Å². The molecular formula is C25H31NO5. The van der Waals surface area contributed by atoms with E-state index in [9.17, 15) is 9.59 Å². The van der Waals surface area contributed by atoms with Crippen LogP contribution in [0.25, 0.3) is 0 Å². The first-order chi connectivity index (χ1) is 14.8. The topological polar surface area (TPSA) is 65.1 Å². The lowest BCUT2D eigenvalue weighted by molar-refractivity contribution is -0.0472. The zero-order chi connectivity index (χ0) is 22.3. The predicted molar refractivity (Wildman–Crippen MR) is 118 cm³/mol. The number of amides is 1. The summed E-state index contributed by atoms with van der Waals surface area (Å²) in [5.41, 5.74) is 0.142. The minimum atomic E-state index is -0.762. The molecule has 0 radical (unpaired) electrons. The summed E-state index contributed by atoms with van der Waals surface area (Å²) in [5, 5.41) is 0. The Morgan fingerprint density at radius 3 is 2.26 bits per heavy atom. The minimum absolute atomic E-state index is 0.0504. The van der Waals surface area contributed by atoms with Crippen molar-refractivity contribution in [3.8, 4) is 0 Å². The quantitative estimate of drug-likeness (QED) is 0.595. The highest BCUT2D eigenvalue weighted by Crippen LogP contribution is 2.32. The average molecular weight is 426 g/mol. The molecule has 31 heavy (non-hydrogen) atoms. The van der Waals surface area contributed by atoms with E-state index in [0.717, 1.165) is 12.0 Å². The van der Waals surface area contributed by atoms with E-state index >= 15 is 0 Å². The van der Waals surface area contributed by atoms with E-state index in [0.29, 0.717) is 25.1 Å². The van der Waals surface area contributed by atoms with Crippen LogP contribution in [-0.4, -0.2) is 47.9 Å². The third-order valence-electron chi connectivity index (χ3n) is 5.17. The molecule has 0 saturated carbocycles. The molecular weight excluding hydrogens is 394 g/mol. The van der Waals surface area contributed by atoms with Crippen LogP contribution in [0.5, 0.6) is 0 Å². The Balaban J connectivity index is 1.73. The number of hydrogen-bond donors (Lipinski definition) is 0. The van der Waals surface area contributed by atoms with Gasteiger partial charge in [0.2, 0.25) is 0 Å². The summed E-state index contributed by atoms with van der Waals surface area (Å²) in [6, 6.07) is 18.7. The molecule has 1 atom stereocenters. The lowest BCUT2D eigenvalue weighted by Crippen LogP contribution is -2.55.